The van der Waals surface area contributed by atoms with Crippen LogP contribution in [0.1, 0.15) is 19.8 Å². The molecule has 0 bridgehead atoms. The van der Waals surface area contributed by atoms with Crippen LogP contribution in [0.3, 0.4) is 0 Å². The molecule has 0 aliphatic carbocycles. The summed E-state index contributed by atoms with van der Waals surface area (Å²) in [7, 11) is -3.11. The molecule has 1 aliphatic rings. The molecule has 19 heavy (non-hydrogen) atoms. The molecule has 1 atom stereocenters. The number of rotatable bonds is 4. The lowest BCUT2D eigenvalue weighted by Gasteiger charge is -2.37. The number of hydrogen-bond acceptors (Lipinski definition) is 4. The van der Waals surface area contributed by atoms with Gasteiger partial charge in [-0.15, -0.1) is 0 Å². The maximum atomic E-state index is 11.8. The molecule has 2 N–H and O–H groups in total. The first kappa shape index (κ1) is 15.7. The first-order valence-corrected chi connectivity index (χ1v) is 8.14. The quantitative estimate of drug-likeness (QED) is 0.754. The SMILES string of the molecule is CC1(C(=O)O)CCCN(C(=O)NCCS(C)(=O)=O)C1. The lowest BCUT2D eigenvalue weighted by atomic mass is 9.82. The molecule has 1 saturated heterocycles. The highest BCUT2D eigenvalue weighted by molar-refractivity contribution is 7.90. The number of nitrogens with one attached hydrogen (secondary N) is 1. The highest BCUT2D eigenvalue weighted by atomic mass is 32.2. The fourth-order valence-corrected chi connectivity index (χ4v) is 2.52. The minimum absolute atomic E-state index is 0.0396. The normalized spacial score (nSPS) is 24.0. The molecule has 110 valence electrons. The number of carbonyl (C=O) groups excluding carboxylic acids is 1. The number of piperidine rings is 1. The van der Waals surface area contributed by atoms with Gasteiger partial charge in [0.2, 0.25) is 0 Å². The van der Waals surface area contributed by atoms with Crippen LogP contribution in [0.4, 0.5) is 4.79 Å². The van der Waals surface area contributed by atoms with E-state index in [1.807, 2.05) is 0 Å². The topological polar surface area (TPSA) is 104 Å². The molecule has 0 aromatic rings. The third-order valence-electron chi connectivity index (χ3n) is 3.25. The summed E-state index contributed by atoms with van der Waals surface area (Å²) < 4.78 is 21.9. The summed E-state index contributed by atoms with van der Waals surface area (Å²) in [4.78, 5) is 24.4. The Morgan fingerprint density at radius 1 is 1.42 bits per heavy atom. The molecule has 1 rings (SSSR count). The molecule has 2 amide bonds. The second-order valence-electron chi connectivity index (χ2n) is 5.25. The van der Waals surface area contributed by atoms with Crippen molar-refractivity contribution >= 4 is 21.8 Å². The van der Waals surface area contributed by atoms with E-state index < -0.39 is 27.3 Å². The molecule has 0 aromatic heterocycles. The molecule has 0 aromatic carbocycles. The minimum Gasteiger partial charge on any atom is -0.481 e. The van der Waals surface area contributed by atoms with E-state index in [0.717, 1.165) is 6.26 Å². The van der Waals surface area contributed by atoms with E-state index >= 15 is 0 Å². The summed E-state index contributed by atoms with van der Waals surface area (Å²) >= 11 is 0. The molecule has 1 aliphatic heterocycles. The van der Waals surface area contributed by atoms with E-state index in [0.29, 0.717) is 19.4 Å². The van der Waals surface area contributed by atoms with Gasteiger partial charge in [0.15, 0.2) is 0 Å². The summed E-state index contributed by atoms with van der Waals surface area (Å²) in [6.07, 6.45) is 2.26. The number of nitrogens with zero attached hydrogens (tertiary/aromatic N) is 1. The summed E-state index contributed by atoms with van der Waals surface area (Å²) in [5.41, 5.74) is -0.924. The van der Waals surface area contributed by atoms with Crippen molar-refractivity contribution in [2.24, 2.45) is 5.41 Å². The van der Waals surface area contributed by atoms with Crippen LogP contribution in [0.15, 0.2) is 0 Å². The largest absolute Gasteiger partial charge is 0.481 e. The summed E-state index contributed by atoms with van der Waals surface area (Å²) in [6, 6.07) is -0.407. The number of carboxylic acid groups (broad SMARTS) is 1. The number of sulfone groups is 1. The van der Waals surface area contributed by atoms with E-state index in [4.69, 9.17) is 5.11 Å². The van der Waals surface area contributed by atoms with Crippen molar-refractivity contribution in [2.45, 2.75) is 19.8 Å². The Morgan fingerprint density at radius 2 is 2.05 bits per heavy atom. The molecule has 7 nitrogen and oxygen atoms in total. The third kappa shape index (κ3) is 4.70. The predicted molar refractivity (Wildman–Crippen MR) is 69.7 cm³/mol. The smallest absolute Gasteiger partial charge is 0.317 e. The van der Waals surface area contributed by atoms with E-state index in [2.05, 4.69) is 5.32 Å². The fraction of sp³-hybridized carbons (Fsp3) is 0.818. The van der Waals surface area contributed by atoms with Crippen LogP contribution in [0.5, 0.6) is 0 Å². The van der Waals surface area contributed by atoms with Gasteiger partial charge in [0, 0.05) is 25.9 Å². The Bertz CT molecular complexity index is 462. The van der Waals surface area contributed by atoms with Gasteiger partial charge in [0.1, 0.15) is 9.84 Å². The molecule has 0 spiro atoms. The van der Waals surface area contributed by atoms with E-state index in [9.17, 15) is 18.0 Å². The van der Waals surface area contributed by atoms with E-state index in [1.54, 1.807) is 6.92 Å². The van der Waals surface area contributed by atoms with E-state index in [-0.39, 0.29) is 18.8 Å². The van der Waals surface area contributed by atoms with Crippen molar-refractivity contribution in [3.8, 4) is 0 Å². The van der Waals surface area contributed by atoms with Gasteiger partial charge in [-0.05, 0) is 19.8 Å². The number of urea groups is 1. The van der Waals surface area contributed by atoms with Gasteiger partial charge in [-0.3, -0.25) is 4.79 Å². The molecular weight excluding hydrogens is 272 g/mol. The van der Waals surface area contributed by atoms with Gasteiger partial charge in [-0.25, -0.2) is 13.2 Å². The van der Waals surface area contributed by atoms with Crippen LogP contribution in [0.25, 0.3) is 0 Å². The number of amides is 2. The zero-order valence-electron chi connectivity index (χ0n) is 11.2. The number of hydrogen-bond donors (Lipinski definition) is 2. The van der Waals surface area contributed by atoms with Crippen molar-refractivity contribution < 1.29 is 23.1 Å². The minimum atomic E-state index is -3.11. The Kier molecular flexibility index (Phi) is 4.78. The predicted octanol–water partition coefficient (Wildman–Crippen LogP) is -0.0727. The van der Waals surface area contributed by atoms with Crippen LogP contribution in [0.2, 0.25) is 0 Å². The molecule has 1 heterocycles. The fourth-order valence-electron chi connectivity index (χ4n) is 2.04. The lowest BCUT2D eigenvalue weighted by Crippen LogP contribution is -2.51. The first-order chi connectivity index (χ1) is 8.64. The van der Waals surface area contributed by atoms with Crippen molar-refractivity contribution in [3.05, 3.63) is 0 Å². The number of likely N-dealkylation sites (tertiary alicyclic amines) is 1. The second-order valence-corrected chi connectivity index (χ2v) is 7.51. The molecular formula is C11H20N2O5S. The van der Waals surface area contributed by atoms with Crippen LogP contribution in [0, 0.1) is 5.41 Å². The van der Waals surface area contributed by atoms with Gasteiger partial charge in [-0.1, -0.05) is 0 Å². The first-order valence-electron chi connectivity index (χ1n) is 6.08. The van der Waals surface area contributed by atoms with Gasteiger partial charge < -0.3 is 15.3 Å². The Morgan fingerprint density at radius 3 is 2.58 bits per heavy atom. The van der Waals surface area contributed by atoms with Crippen LogP contribution < -0.4 is 5.32 Å². The Labute approximate surface area is 112 Å². The summed E-state index contributed by atoms with van der Waals surface area (Å²) in [5.74, 6) is -1.04. The number of carbonyl (C=O) groups is 2. The Balaban J connectivity index is 2.51. The Hall–Kier alpha value is -1.31. The highest BCUT2D eigenvalue weighted by Crippen LogP contribution is 2.29. The van der Waals surface area contributed by atoms with Crippen molar-refractivity contribution in [1.82, 2.24) is 10.2 Å². The van der Waals surface area contributed by atoms with Crippen molar-refractivity contribution in [3.63, 3.8) is 0 Å². The van der Waals surface area contributed by atoms with Crippen LogP contribution in [-0.4, -0.2) is 62.1 Å². The van der Waals surface area contributed by atoms with Gasteiger partial charge in [0.25, 0.3) is 0 Å². The number of aliphatic carboxylic acids is 1. The third-order valence-corrected chi connectivity index (χ3v) is 4.19. The average molecular weight is 292 g/mol. The zero-order chi connectivity index (χ0) is 14.7. The lowest BCUT2D eigenvalue weighted by molar-refractivity contribution is -0.150. The number of carboxylic acids is 1. The molecule has 0 radical (unpaired) electrons. The van der Waals surface area contributed by atoms with E-state index in [1.165, 1.54) is 4.90 Å². The van der Waals surface area contributed by atoms with Crippen LogP contribution in [-0.2, 0) is 14.6 Å². The highest BCUT2D eigenvalue weighted by Gasteiger charge is 2.39. The van der Waals surface area contributed by atoms with Gasteiger partial charge >= 0.3 is 12.0 Å². The molecule has 0 saturated carbocycles. The summed E-state index contributed by atoms with van der Waals surface area (Å²) in [5, 5.41) is 11.6. The molecule has 1 fully saturated rings. The van der Waals surface area contributed by atoms with Crippen molar-refractivity contribution in [2.75, 3.05) is 31.6 Å². The molecule has 8 heteroatoms. The molecule has 1 unspecified atom stereocenters. The zero-order valence-corrected chi connectivity index (χ0v) is 12.0. The monoisotopic (exact) mass is 292 g/mol. The standard InChI is InChI=1S/C11H20N2O5S/c1-11(9(14)15)4-3-6-13(8-11)10(16)12-5-7-19(2,17)18/h3-8H2,1-2H3,(H,12,16)(H,14,15). The summed E-state index contributed by atoms with van der Waals surface area (Å²) in [6.45, 7) is 2.30. The average Bonchev–Trinajstić information content (AvgIpc) is 2.27. The van der Waals surface area contributed by atoms with Crippen LogP contribution >= 0.6 is 0 Å². The van der Waals surface area contributed by atoms with Gasteiger partial charge in [-0.2, -0.15) is 0 Å². The maximum Gasteiger partial charge on any atom is 0.317 e. The van der Waals surface area contributed by atoms with Crippen molar-refractivity contribution in [1.29, 1.82) is 0 Å². The van der Waals surface area contributed by atoms with Gasteiger partial charge in [0.05, 0.1) is 11.2 Å². The maximum absolute atomic E-state index is 11.8. The second kappa shape index (κ2) is 5.77.